The van der Waals surface area contributed by atoms with E-state index in [1.165, 1.54) is 14.2 Å². The molecule has 6 nitrogen and oxygen atoms in total. The number of methoxy groups -OCH3 is 2. The summed E-state index contributed by atoms with van der Waals surface area (Å²) in [5, 5.41) is 0.395. The lowest BCUT2D eigenvalue weighted by molar-refractivity contribution is 0.0605. The van der Waals surface area contributed by atoms with Crippen molar-refractivity contribution in [1.29, 1.82) is 0 Å². The van der Waals surface area contributed by atoms with Crippen LogP contribution in [0.2, 0.25) is 0 Å². The van der Waals surface area contributed by atoms with E-state index in [1.807, 2.05) is 13.8 Å². The summed E-state index contributed by atoms with van der Waals surface area (Å²) in [7, 11) is -0.764. The first-order valence-corrected chi connectivity index (χ1v) is 8.89. The Morgan fingerprint density at radius 2 is 2.00 bits per heavy atom. The van der Waals surface area contributed by atoms with Crippen molar-refractivity contribution in [2.24, 2.45) is 5.92 Å². The number of rotatable bonds is 7. The zero-order valence-electron chi connectivity index (χ0n) is 12.8. The molecule has 0 saturated carbocycles. The molecule has 0 aliphatic carbocycles. The molecule has 8 heteroatoms. The van der Waals surface area contributed by atoms with Crippen LogP contribution in [0.25, 0.3) is 0 Å². The van der Waals surface area contributed by atoms with E-state index in [2.05, 4.69) is 9.46 Å². The van der Waals surface area contributed by atoms with E-state index in [4.69, 9.17) is 4.74 Å². The number of hydrogen-bond donors (Lipinski definition) is 1. The third kappa shape index (κ3) is 4.98. The summed E-state index contributed by atoms with van der Waals surface area (Å²) in [4.78, 5) is 11.9. The molecule has 0 spiro atoms. The number of aryl methyl sites for hydroxylation is 1. The van der Waals surface area contributed by atoms with Crippen molar-refractivity contribution in [2.75, 3.05) is 24.7 Å². The second-order valence-electron chi connectivity index (χ2n) is 5.02. The topological polar surface area (TPSA) is 81.7 Å². The van der Waals surface area contributed by atoms with E-state index in [1.54, 1.807) is 13.0 Å². The molecule has 0 radical (unpaired) electrons. The zero-order valence-corrected chi connectivity index (χ0v) is 14.4. The second-order valence-corrected chi connectivity index (χ2v) is 7.84. The second kappa shape index (κ2) is 7.24. The van der Waals surface area contributed by atoms with Gasteiger partial charge in [0.15, 0.2) is 0 Å². The summed E-state index contributed by atoms with van der Waals surface area (Å²) in [6.07, 6.45) is -0.386. The Hall–Kier alpha value is -1.12. The van der Waals surface area contributed by atoms with Gasteiger partial charge in [0.2, 0.25) is 10.0 Å². The van der Waals surface area contributed by atoms with Crippen molar-refractivity contribution in [3.8, 4) is 0 Å². The van der Waals surface area contributed by atoms with Crippen molar-refractivity contribution in [3.63, 3.8) is 0 Å². The molecule has 1 aromatic heterocycles. The maximum atomic E-state index is 12.1. The fourth-order valence-corrected chi connectivity index (χ4v) is 4.56. The Morgan fingerprint density at radius 3 is 2.48 bits per heavy atom. The molecular formula is C13H21NO5S2. The minimum atomic E-state index is -3.54. The van der Waals surface area contributed by atoms with Crippen LogP contribution in [0.1, 0.15) is 29.1 Å². The number of sulfonamides is 1. The molecule has 0 amide bonds. The molecule has 1 unspecified atom stereocenters. The van der Waals surface area contributed by atoms with Crippen molar-refractivity contribution >= 4 is 32.3 Å². The maximum absolute atomic E-state index is 12.1. The van der Waals surface area contributed by atoms with Gasteiger partial charge in [-0.2, -0.15) is 0 Å². The van der Waals surface area contributed by atoms with Gasteiger partial charge in [-0.05, 0) is 24.5 Å². The van der Waals surface area contributed by atoms with Gasteiger partial charge in [0, 0.05) is 7.11 Å². The van der Waals surface area contributed by atoms with Crippen LogP contribution in [0.3, 0.4) is 0 Å². The van der Waals surface area contributed by atoms with Gasteiger partial charge in [0.05, 0.1) is 19.0 Å². The van der Waals surface area contributed by atoms with Gasteiger partial charge in [0.25, 0.3) is 0 Å². The van der Waals surface area contributed by atoms with Crippen LogP contribution in [0, 0.1) is 12.8 Å². The molecule has 0 aliphatic rings. The van der Waals surface area contributed by atoms with Crippen LogP contribution >= 0.6 is 11.3 Å². The fraction of sp³-hybridized carbons (Fsp3) is 0.615. The summed E-state index contributed by atoms with van der Waals surface area (Å²) in [6, 6.07) is 1.62. The Kier molecular flexibility index (Phi) is 6.18. The first-order valence-electron chi connectivity index (χ1n) is 6.42. The van der Waals surface area contributed by atoms with Crippen LogP contribution in [0.5, 0.6) is 0 Å². The molecule has 0 bridgehead atoms. The predicted molar refractivity (Wildman–Crippen MR) is 83.4 cm³/mol. The summed E-state index contributed by atoms with van der Waals surface area (Å²) in [6.45, 7) is 5.52. The largest absolute Gasteiger partial charge is 0.465 e. The molecule has 0 aliphatic heterocycles. The number of ether oxygens (including phenoxy) is 2. The maximum Gasteiger partial charge on any atom is 0.348 e. The van der Waals surface area contributed by atoms with Crippen LogP contribution in [-0.4, -0.2) is 40.5 Å². The van der Waals surface area contributed by atoms with Crippen molar-refractivity contribution in [3.05, 3.63) is 16.5 Å². The smallest absolute Gasteiger partial charge is 0.348 e. The van der Waals surface area contributed by atoms with Crippen molar-refractivity contribution in [2.45, 2.75) is 26.9 Å². The average Bonchev–Trinajstić information content (AvgIpc) is 2.74. The quantitative estimate of drug-likeness (QED) is 0.773. The SMILES string of the molecule is COC(=O)c1sc(NS(=O)(=O)CC(OC)C(C)C)cc1C. The third-order valence-electron chi connectivity index (χ3n) is 2.97. The van der Waals surface area contributed by atoms with Crippen LogP contribution in [-0.2, 0) is 19.5 Å². The Morgan fingerprint density at radius 1 is 1.38 bits per heavy atom. The lowest BCUT2D eigenvalue weighted by Crippen LogP contribution is -2.31. The first kappa shape index (κ1) is 17.9. The van der Waals surface area contributed by atoms with Gasteiger partial charge >= 0.3 is 5.97 Å². The molecular weight excluding hydrogens is 314 g/mol. The lowest BCUT2D eigenvalue weighted by atomic mass is 10.1. The summed E-state index contributed by atoms with van der Waals surface area (Å²) in [5.74, 6) is -0.520. The molecule has 1 N–H and O–H groups in total. The first-order chi connectivity index (χ1) is 9.70. The van der Waals surface area contributed by atoms with E-state index >= 15 is 0 Å². The minimum Gasteiger partial charge on any atom is -0.465 e. The highest BCUT2D eigenvalue weighted by Crippen LogP contribution is 2.28. The highest BCUT2D eigenvalue weighted by Gasteiger charge is 2.23. The van der Waals surface area contributed by atoms with Crippen molar-refractivity contribution in [1.82, 2.24) is 0 Å². The van der Waals surface area contributed by atoms with Gasteiger partial charge in [-0.15, -0.1) is 11.3 Å². The van der Waals surface area contributed by atoms with Crippen LogP contribution < -0.4 is 4.72 Å². The highest BCUT2D eigenvalue weighted by molar-refractivity contribution is 7.92. The molecule has 0 aromatic carbocycles. The number of nitrogens with one attached hydrogen (secondary N) is 1. The Labute approximate surface area is 129 Å². The van der Waals surface area contributed by atoms with Crippen LogP contribution in [0.4, 0.5) is 5.00 Å². The van der Waals surface area contributed by atoms with E-state index in [0.717, 1.165) is 11.3 Å². The van der Waals surface area contributed by atoms with E-state index in [-0.39, 0.29) is 17.8 Å². The monoisotopic (exact) mass is 335 g/mol. The zero-order chi connectivity index (χ0) is 16.2. The standard InChI is InChI=1S/C13H21NO5S2/c1-8(2)10(18-4)7-21(16,17)14-11-6-9(3)12(20-11)13(15)19-5/h6,8,10,14H,7H2,1-5H3. The number of carbonyl (C=O) groups excluding carboxylic acids is 1. The molecule has 1 rings (SSSR count). The molecule has 21 heavy (non-hydrogen) atoms. The van der Waals surface area contributed by atoms with Gasteiger partial charge in [0.1, 0.15) is 9.88 Å². The summed E-state index contributed by atoms with van der Waals surface area (Å²) in [5.41, 5.74) is 0.678. The number of esters is 1. The third-order valence-corrected chi connectivity index (χ3v) is 5.53. The normalized spacial score (nSPS) is 13.2. The van der Waals surface area contributed by atoms with E-state index < -0.39 is 16.0 Å². The molecule has 1 aromatic rings. The highest BCUT2D eigenvalue weighted by atomic mass is 32.2. The van der Waals surface area contributed by atoms with Gasteiger partial charge in [-0.25, -0.2) is 13.2 Å². The molecule has 0 saturated heterocycles. The molecule has 1 heterocycles. The minimum absolute atomic E-state index is 0.0854. The Balaban J connectivity index is 2.87. The number of thiophene rings is 1. The van der Waals surface area contributed by atoms with Crippen LogP contribution in [0.15, 0.2) is 6.07 Å². The fourth-order valence-electron chi connectivity index (χ4n) is 1.77. The number of anilines is 1. The molecule has 120 valence electrons. The van der Waals surface area contributed by atoms with E-state index in [0.29, 0.717) is 15.4 Å². The average molecular weight is 335 g/mol. The predicted octanol–water partition coefficient (Wildman–Crippen LogP) is 2.26. The number of carbonyl (C=O) groups is 1. The summed E-state index contributed by atoms with van der Waals surface area (Å²) < 4.78 is 36.6. The van der Waals surface area contributed by atoms with Gasteiger partial charge in [-0.3, -0.25) is 4.72 Å². The Bertz CT molecular complexity index is 592. The van der Waals surface area contributed by atoms with Gasteiger partial charge in [-0.1, -0.05) is 13.8 Å². The number of hydrogen-bond acceptors (Lipinski definition) is 6. The van der Waals surface area contributed by atoms with Crippen molar-refractivity contribution < 1.29 is 22.7 Å². The van der Waals surface area contributed by atoms with Gasteiger partial charge < -0.3 is 9.47 Å². The summed E-state index contributed by atoms with van der Waals surface area (Å²) >= 11 is 1.06. The lowest BCUT2D eigenvalue weighted by Gasteiger charge is -2.19. The molecule has 1 atom stereocenters. The van der Waals surface area contributed by atoms with E-state index in [9.17, 15) is 13.2 Å². The molecule has 0 fully saturated rings.